The second kappa shape index (κ2) is 17.0. The van der Waals surface area contributed by atoms with Crippen molar-refractivity contribution < 1.29 is 0 Å². The maximum absolute atomic E-state index is 5.25. The van der Waals surface area contributed by atoms with Gasteiger partial charge in [-0.05, 0) is 119 Å². The van der Waals surface area contributed by atoms with Crippen molar-refractivity contribution in [2.75, 3.05) is 0 Å². The Kier molecular flexibility index (Phi) is 10.2. The van der Waals surface area contributed by atoms with Crippen LogP contribution in [0.2, 0.25) is 0 Å². The van der Waals surface area contributed by atoms with E-state index in [1.54, 1.807) is 0 Å². The molecule has 1 heterocycles. The molecule has 0 aliphatic heterocycles. The lowest BCUT2D eigenvalue weighted by Crippen LogP contribution is -2.28. The van der Waals surface area contributed by atoms with E-state index in [2.05, 4.69) is 273 Å². The molecule has 0 saturated heterocycles. The summed E-state index contributed by atoms with van der Waals surface area (Å²) in [7, 11) is 0. The van der Waals surface area contributed by atoms with Gasteiger partial charge < -0.3 is 0 Å². The molecule has 1 aliphatic rings. The lowest BCUT2D eigenvalue weighted by atomic mass is 9.67. The van der Waals surface area contributed by atoms with Gasteiger partial charge in [0.2, 0.25) is 0 Å². The fourth-order valence-corrected chi connectivity index (χ4v) is 10.4. The summed E-state index contributed by atoms with van der Waals surface area (Å²) >= 11 is 0. The zero-order valence-corrected chi connectivity index (χ0v) is 36.9. The van der Waals surface area contributed by atoms with Gasteiger partial charge in [0.1, 0.15) is 0 Å². The first-order valence-electron chi connectivity index (χ1n) is 23.1. The van der Waals surface area contributed by atoms with Gasteiger partial charge in [-0.2, -0.15) is 0 Å². The minimum absolute atomic E-state index is 0.508. The molecule has 0 amide bonds. The Bertz CT molecular complexity index is 3410. The molecule has 67 heavy (non-hydrogen) atoms. The Balaban J connectivity index is 1.00. The van der Waals surface area contributed by atoms with Crippen molar-refractivity contribution >= 4 is 0 Å². The molecule has 314 valence electrons. The van der Waals surface area contributed by atoms with Gasteiger partial charge in [0.05, 0.1) is 16.8 Å². The van der Waals surface area contributed by atoms with Gasteiger partial charge in [0.25, 0.3) is 0 Å². The van der Waals surface area contributed by atoms with Crippen LogP contribution >= 0.6 is 0 Å². The van der Waals surface area contributed by atoms with E-state index in [1.807, 2.05) is 0 Å². The molecule has 11 aromatic rings. The van der Waals surface area contributed by atoms with Crippen molar-refractivity contribution in [1.29, 1.82) is 0 Å². The van der Waals surface area contributed by atoms with Crippen LogP contribution in [0.3, 0.4) is 0 Å². The van der Waals surface area contributed by atoms with Crippen molar-refractivity contribution in [1.82, 2.24) is 4.98 Å². The van der Waals surface area contributed by atoms with Crippen molar-refractivity contribution in [3.05, 3.63) is 295 Å². The highest BCUT2D eigenvalue weighted by Gasteiger charge is 2.46. The van der Waals surface area contributed by atoms with Crippen molar-refractivity contribution in [2.24, 2.45) is 0 Å². The summed E-state index contributed by atoms with van der Waals surface area (Å²) in [6.07, 6.45) is 0. The summed E-state index contributed by atoms with van der Waals surface area (Å²) in [6, 6.07) is 99.3. The molecule has 0 saturated carbocycles. The van der Waals surface area contributed by atoms with Crippen LogP contribution in [0.4, 0.5) is 0 Å². The molecule has 1 aromatic heterocycles. The van der Waals surface area contributed by atoms with Crippen LogP contribution in [0, 0.1) is 0 Å². The van der Waals surface area contributed by atoms with E-state index in [1.165, 1.54) is 72.3 Å². The first-order valence-corrected chi connectivity index (χ1v) is 23.1. The van der Waals surface area contributed by atoms with Gasteiger partial charge in [-0.25, -0.2) is 4.98 Å². The molecule has 0 atom stereocenters. The Morgan fingerprint density at radius 2 is 0.612 bits per heavy atom. The van der Waals surface area contributed by atoms with Crippen LogP contribution in [0.15, 0.2) is 273 Å². The number of hydrogen-bond donors (Lipinski definition) is 0. The molecule has 0 radical (unpaired) electrons. The van der Waals surface area contributed by atoms with E-state index in [-0.39, 0.29) is 0 Å². The first-order chi connectivity index (χ1) is 33.2. The highest BCUT2D eigenvalue weighted by atomic mass is 14.7. The van der Waals surface area contributed by atoms with Gasteiger partial charge in [0, 0.05) is 11.1 Å². The van der Waals surface area contributed by atoms with Gasteiger partial charge in [0.15, 0.2) is 0 Å². The maximum atomic E-state index is 5.25. The zero-order chi connectivity index (χ0) is 44.6. The Labute approximate surface area is 393 Å². The summed E-state index contributed by atoms with van der Waals surface area (Å²) in [4.78, 5) is 5.25. The summed E-state index contributed by atoms with van der Waals surface area (Å²) in [5.74, 6) is 0. The van der Waals surface area contributed by atoms with Gasteiger partial charge in [-0.1, -0.05) is 243 Å². The minimum atomic E-state index is -0.508. The lowest BCUT2D eigenvalue weighted by molar-refractivity contribution is 0.769. The molecule has 10 aromatic carbocycles. The number of benzene rings is 10. The highest BCUT2D eigenvalue weighted by molar-refractivity contribution is 5.95. The van der Waals surface area contributed by atoms with Gasteiger partial charge >= 0.3 is 0 Å². The molecule has 1 heteroatoms. The largest absolute Gasteiger partial charge is 0.248 e. The zero-order valence-electron chi connectivity index (χ0n) is 36.9. The topological polar surface area (TPSA) is 12.9 Å². The average Bonchev–Trinajstić information content (AvgIpc) is 3.72. The number of aromatic nitrogens is 1. The molecule has 0 fully saturated rings. The second-order valence-electron chi connectivity index (χ2n) is 17.4. The average molecular weight is 852 g/mol. The van der Waals surface area contributed by atoms with Gasteiger partial charge in [-0.15, -0.1) is 0 Å². The van der Waals surface area contributed by atoms with Crippen LogP contribution in [0.5, 0.6) is 0 Å². The number of rotatable bonds is 9. The van der Waals surface area contributed by atoms with Crippen LogP contribution < -0.4 is 0 Å². The first kappa shape index (κ1) is 39.9. The summed E-state index contributed by atoms with van der Waals surface area (Å²) in [6.45, 7) is 0. The third-order valence-corrected chi connectivity index (χ3v) is 13.6. The quantitative estimate of drug-likeness (QED) is 0.141. The van der Waals surface area contributed by atoms with Crippen LogP contribution in [0.25, 0.3) is 89.3 Å². The normalized spacial score (nSPS) is 12.3. The van der Waals surface area contributed by atoms with E-state index < -0.39 is 5.41 Å². The number of pyridine rings is 1. The Hall–Kier alpha value is -8.65. The molecule has 1 aliphatic carbocycles. The fraction of sp³-hybridized carbons (Fsp3) is 0.0152. The summed E-state index contributed by atoms with van der Waals surface area (Å²) < 4.78 is 0. The maximum Gasteiger partial charge on any atom is 0.0715 e. The molecular formula is C66H45N. The van der Waals surface area contributed by atoms with Crippen LogP contribution in [-0.4, -0.2) is 4.98 Å². The highest BCUT2D eigenvalue weighted by Crippen LogP contribution is 2.58. The Morgan fingerprint density at radius 3 is 1.19 bits per heavy atom. The predicted molar refractivity (Wildman–Crippen MR) is 280 cm³/mol. The van der Waals surface area contributed by atoms with Crippen molar-refractivity contribution in [3.63, 3.8) is 0 Å². The summed E-state index contributed by atoms with van der Waals surface area (Å²) in [5, 5.41) is 0. The van der Waals surface area contributed by atoms with Crippen LogP contribution in [-0.2, 0) is 5.41 Å². The number of hydrogen-bond acceptors (Lipinski definition) is 1. The predicted octanol–water partition coefficient (Wildman–Crippen LogP) is 17.1. The Morgan fingerprint density at radius 1 is 0.209 bits per heavy atom. The monoisotopic (exact) mass is 851 g/mol. The van der Waals surface area contributed by atoms with E-state index in [0.717, 1.165) is 39.2 Å². The molecule has 0 spiro atoms. The third-order valence-electron chi connectivity index (χ3n) is 13.6. The fourth-order valence-electron chi connectivity index (χ4n) is 10.4. The lowest BCUT2D eigenvalue weighted by Gasteiger charge is -2.34. The minimum Gasteiger partial charge on any atom is -0.248 e. The molecule has 0 unspecified atom stereocenters. The second-order valence-corrected chi connectivity index (χ2v) is 17.4. The number of fused-ring (bicyclic) bond motifs is 3. The summed E-state index contributed by atoms with van der Waals surface area (Å²) in [5.41, 5.74) is 23.0. The molecule has 0 bridgehead atoms. The van der Waals surface area contributed by atoms with Crippen molar-refractivity contribution in [2.45, 2.75) is 5.41 Å². The molecule has 0 N–H and O–H groups in total. The standard InChI is InChI=1S/C66H45N/c1-6-19-46(20-7-1)48-33-37-50(38-34-48)59-44-61-58-31-16-17-32-62(58)66(56-27-12-4-13-28-56,57-29-14-5-15-30-57)63(61)45-60(59)51-39-35-49(36-40-51)53-25-18-26-54(41-53)65-43-55(47-21-8-2-9-22-47)42-64(67-65)52-23-10-3-11-24-52/h1-45H. The van der Waals surface area contributed by atoms with Gasteiger partial charge in [-0.3, -0.25) is 0 Å². The van der Waals surface area contributed by atoms with E-state index in [4.69, 9.17) is 4.98 Å². The number of nitrogens with zero attached hydrogens (tertiary/aromatic N) is 1. The van der Waals surface area contributed by atoms with Crippen LogP contribution in [0.1, 0.15) is 22.3 Å². The van der Waals surface area contributed by atoms with Crippen molar-refractivity contribution in [3.8, 4) is 89.3 Å². The van der Waals surface area contributed by atoms with E-state index in [0.29, 0.717) is 0 Å². The van der Waals surface area contributed by atoms with E-state index in [9.17, 15) is 0 Å². The third kappa shape index (κ3) is 7.19. The molecular weight excluding hydrogens is 807 g/mol. The van der Waals surface area contributed by atoms with E-state index >= 15 is 0 Å². The molecule has 1 nitrogen and oxygen atoms in total. The molecule has 12 rings (SSSR count). The smallest absolute Gasteiger partial charge is 0.0715 e. The SMILES string of the molecule is c1ccc(-c2ccc(-c3cc4c(cc3-c3ccc(-c5cccc(-c6cc(-c7ccccc7)cc(-c7ccccc7)n6)c5)cc3)C(c3ccccc3)(c3ccccc3)c3ccccc3-4)cc2)cc1.